The van der Waals surface area contributed by atoms with Crippen molar-refractivity contribution in [1.29, 1.82) is 0 Å². The quantitative estimate of drug-likeness (QED) is 0.878. The number of anilines is 1. The summed E-state index contributed by atoms with van der Waals surface area (Å²) in [6.07, 6.45) is 2.00. The van der Waals surface area contributed by atoms with Gasteiger partial charge in [0.05, 0.1) is 5.92 Å². The highest BCUT2D eigenvalue weighted by molar-refractivity contribution is 6.31. The van der Waals surface area contributed by atoms with Gasteiger partial charge < -0.3 is 15.5 Å². The number of benzene rings is 1. The van der Waals surface area contributed by atoms with Gasteiger partial charge in [-0.3, -0.25) is 4.79 Å². The monoisotopic (exact) mass is 309 g/mol. The molecule has 0 spiro atoms. The van der Waals surface area contributed by atoms with Crippen LogP contribution in [0, 0.1) is 5.92 Å². The molecular weight excluding hydrogens is 286 g/mol. The van der Waals surface area contributed by atoms with E-state index in [1.165, 1.54) is 0 Å². The van der Waals surface area contributed by atoms with Crippen LogP contribution in [0.15, 0.2) is 18.2 Å². The number of hydrogen-bond donors (Lipinski definition) is 2. The zero-order valence-corrected chi connectivity index (χ0v) is 13.5. The second kappa shape index (κ2) is 7.66. The average molecular weight is 310 g/mol. The van der Waals surface area contributed by atoms with Crippen LogP contribution in [0.1, 0.15) is 25.3 Å². The molecule has 1 saturated heterocycles. The molecule has 1 unspecified atom stereocenters. The predicted octanol–water partition coefficient (Wildman–Crippen LogP) is 2.41. The lowest BCUT2D eigenvalue weighted by Crippen LogP contribution is -2.42. The third kappa shape index (κ3) is 4.11. The van der Waals surface area contributed by atoms with Crippen molar-refractivity contribution in [1.82, 2.24) is 10.6 Å². The van der Waals surface area contributed by atoms with Gasteiger partial charge in [-0.05, 0) is 37.1 Å². The van der Waals surface area contributed by atoms with Crippen LogP contribution >= 0.6 is 11.6 Å². The van der Waals surface area contributed by atoms with Gasteiger partial charge >= 0.3 is 0 Å². The zero-order valence-electron chi connectivity index (χ0n) is 12.8. The van der Waals surface area contributed by atoms with Crippen molar-refractivity contribution in [2.45, 2.75) is 26.3 Å². The first kappa shape index (κ1) is 16.1. The molecule has 0 aliphatic carbocycles. The van der Waals surface area contributed by atoms with Crippen molar-refractivity contribution in [2.24, 2.45) is 5.92 Å². The molecule has 1 atom stereocenters. The molecule has 1 aliphatic rings. The minimum atomic E-state index is 0.0731. The van der Waals surface area contributed by atoms with Crippen molar-refractivity contribution in [3.63, 3.8) is 0 Å². The molecular formula is C16H24ClN3O. The molecule has 5 heteroatoms. The number of carbonyl (C=O) groups excluding carboxylic acids is 1. The lowest BCUT2D eigenvalue weighted by atomic mass is 9.96. The van der Waals surface area contributed by atoms with E-state index in [0.29, 0.717) is 0 Å². The van der Waals surface area contributed by atoms with E-state index in [-0.39, 0.29) is 11.8 Å². The Morgan fingerprint density at radius 2 is 2.29 bits per heavy atom. The van der Waals surface area contributed by atoms with Gasteiger partial charge in [0.15, 0.2) is 0 Å². The Balaban J connectivity index is 2.07. The van der Waals surface area contributed by atoms with Crippen molar-refractivity contribution >= 4 is 23.2 Å². The molecule has 0 radical (unpaired) electrons. The van der Waals surface area contributed by atoms with Gasteiger partial charge in [-0.2, -0.15) is 0 Å². The maximum atomic E-state index is 11.8. The Kier molecular flexibility index (Phi) is 5.88. The van der Waals surface area contributed by atoms with Crippen molar-refractivity contribution in [2.75, 3.05) is 31.6 Å². The highest BCUT2D eigenvalue weighted by Gasteiger charge is 2.25. The fourth-order valence-electron chi connectivity index (χ4n) is 2.77. The molecule has 0 bridgehead atoms. The first-order valence-corrected chi connectivity index (χ1v) is 7.99. The van der Waals surface area contributed by atoms with Gasteiger partial charge in [0.2, 0.25) is 5.91 Å². The van der Waals surface area contributed by atoms with Gasteiger partial charge in [0, 0.05) is 37.4 Å². The molecule has 21 heavy (non-hydrogen) atoms. The normalized spacial score (nSPS) is 18.6. The number of nitrogens with zero attached hydrogens (tertiary/aromatic N) is 1. The lowest BCUT2D eigenvalue weighted by Gasteiger charge is -2.33. The van der Waals surface area contributed by atoms with Crippen LogP contribution in [0.2, 0.25) is 5.02 Å². The van der Waals surface area contributed by atoms with Crippen molar-refractivity contribution in [3.05, 3.63) is 28.8 Å². The molecule has 1 amide bonds. The molecule has 2 rings (SSSR count). The van der Waals surface area contributed by atoms with E-state index < -0.39 is 0 Å². The predicted molar refractivity (Wildman–Crippen MR) is 87.8 cm³/mol. The third-order valence-electron chi connectivity index (χ3n) is 4.01. The summed E-state index contributed by atoms with van der Waals surface area (Å²) >= 11 is 6.36. The summed E-state index contributed by atoms with van der Waals surface area (Å²) in [6.45, 7) is 5.54. The van der Waals surface area contributed by atoms with Crippen LogP contribution in [0.4, 0.5) is 5.69 Å². The van der Waals surface area contributed by atoms with E-state index in [9.17, 15) is 4.79 Å². The summed E-state index contributed by atoms with van der Waals surface area (Å²) in [7, 11) is 1.70. The van der Waals surface area contributed by atoms with E-state index >= 15 is 0 Å². The van der Waals surface area contributed by atoms with E-state index in [1.54, 1.807) is 7.05 Å². The molecule has 0 saturated carbocycles. The molecule has 0 aromatic heterocycles. The number of carbonyl (C=O) groups is 1. The molecule has 116 valence electrons. The second-order valence-electron chi connectivity index (χ2n) is 5.46. The maximum Gasteiger partial charge on any atom is 0.224 e. The fourth-order valence-corrected chi connectivity index (χ4v) is 3.01. The summed E-state index contributed by atoms with van der Waals surface area (Å²) in [6, 6.07) is 6.19. The van der Waals surface area contributed by atoms with Gasteiger partial charge in [-0.25, -0.2) is 0 Å². The number of rotatable bonds is 5. The van der Waals surface area contributed by atoms with E-state index in [4.69, 9.17) is 11.6 Å². The van der Waals surface area contributed by atoms with Crippen LogP contribution in [0.25, 0.3) is 0 Å². The first-order valence-electron chi connectivity index (χ1n) is 7.61. The van der Waals surface area contributed by atoms with E-state index in [1.807, 2.05) is 6.07 Å². The molecule has 1 aromatic rings. The minimum Gasteiger partial charge on any atom is -0.371 e. The molecule has 1 aromatic carbocycles. The zero-order chi connectivity index (χ0) is 15.2. The number of nitrogens with one attached hydrogen (secondary N) is 2. The average Bonchev–Trinajstić information content (AvgIpc) is 2.53. The highest BCUT2D eigenvalue weighted by atomic mass is 35.5. The van der Waals surface area contributed by atoms with Crippen molar-refractivity contribution < 1.29 is 4.79 Å². The Labute approximate surface area is 131 Å². The SMILES string of the molecule is CCNCc1ccc(N2CCCC(C(=O)NC)C2)cc1Cl. The summed E-state index contributed by atoms with van der Waals surface area (Å²) in [5.74, 6) is 0.207. The Bertz CT molecular complexity index is 492. The fraction of sp³-hybridized carbons (Fsp3) is 0.562. The Hall–Kier alpha value is -1.26. The lowest BCUT2D eigenvalue weighted by molar-refractivity contribution is -0.124. The number of piperidine rings is 1. The van der Waals surface area contributed by atoms with Crippen LogP contribution in [-0.2, 0) is 11.3 Å². The van der Waals surface area contributed by atoms with Gasteiger partial charge in [-0.15, -0.1) is 0 Å². The first-order chi connectivity index (χ1) is 10.2. The smallest absolute Gasteiger partial charge is 0.224 e. The van der Waals surface area contributed by atoms with Crippen molar-refractivity contribution in [3.8, 4) is 0 Å². The standard InChI is InChI=1S/C16H24ClN3O/c1-3-19-10-12-6-7-14(9-15(12)17)20-8-4-5-13(11-20)16(21)18-2/h6-7,9,13,19H,3-5,8,10-11H2,1-2H3,(H,18,21). The highest BCUT2D eigenvalue weighted by Crippen LogP contribution is 2.27. The number of amides is 1. The maximum absolute atomic E-state index is 11.8. The summed E-state index contributed by atoms with van der Waals surface area (Å²) < 4.78 is 0. The van der Waals surface area contributed by atoms with Crippen LogP contribution in [0.3, 0.4) is 0 Å². The van der Waals surface area contributed by atoms with E-state index in [2.05, 4.69) is 34.6 Å². The van der Waals surface area contributed by atoms with E-state index in [0.717, 1.165) is 55.3 Å². The minimum absolute atomic E-state index is 0.0731. The van der Waals surface area contributed by atoms with Crippen LogP contribution in [0.5, 0.6) is 0 Å². The molecule has 4 nitrogen and oxygen atoms in total. The molecule has 1 aliphatic heterocycles. The number of hydrogen-bond acceptors (Lipinski definition) is 3. The van der Waals surface area contributed by atoms with Crippen LogP contribution in [-0.4, -0.2) is 32.6 Å². The molecule has 1 heterocycles. The third-order valence-corrected chi connectivity index (χ3v) is 4.36. The number of halogens is 1. The van der Waals surface area contributed by atoms with Gasteiger partial charge in [0.1, 0.15) is 0 Å². The second-order valence-corrected chi connectivity index (χ2v) is 5.86. The van der Waals surface area contributed by atoms with Gasteiger partial charge in [0.25, 0.3) is 0 Å². The molecule has 2 N–H and O–H groups in total. The van der Waals surface area contributed by atoms with Crippen LogP contribution < -0.4 is 15.5 Å². The topological polar surface area (TPSA) is 44.4 Å². The Morgan fingerprint density at radius 1 is 1.48 bits per heavy atom. The largest absolute Gasteiger partial charge is 0.371 e. The summed E-state index contributed by atoms with van der Waals surface area (Å²) in [5.41, 5.74) is 2.22. The molecule has 1 fully saturated rings. The summed E-state index contributed by atoms with van der Waals surface area (Å²) in [5, 5.41) is 6.82. The van der Waals surface area contributed by atoms with Gasteiger partial charge in [-0.1, -0.05) is 24.6 Å². The Morgan fingerprint density at radius 3 is 2.95 bits per heavy atom. The summed E-state index contributed by atoms with van der Waals surface area (Å²) in [4.78, 5) is 14.1.